The van der Waals surface area contributed by atoms with Crippen LogP contribution in [0, 0.1) is 5.82 Å². The first kappa shape index (κ1) is 23.2. The van der Waals surface area contributed by atoms with Gasteiger partial charge < -0.3 is 19.5 Å². The zero-order valence-electron chi connectivity index (χ0n) is 17.4. The maximum absolute atomic E-state index is 14.2. The van der Waals surface area contributed by atoms with Gasteiger partial charge in [-0.2, -0.15) is 4.39 Å². The maximum Gasteiger partial charge on any atom is 0.303 e. The Morgan fingerprint density at radius 2 is 1.57 bits per heavy atom. The standard InChI is InChI=1S/C23H28FNO5/c1-29-19-15-18(16-20(30-2)22(19)24)23(28)25(13-7-6-12-21(26)27)14-8-11-17-9-4-3-5-10-17/h3-5,9-10,15-16H,6-8,11-14H2,1-2H3,(H,26,27). The Morgan fingerprint density at radius 1 is 0.967 bits per heavy atom. The predicted octanol–water partition coefficient (Wildman–Crippen LogP) is 4.17. The summed E-state index contributed by atoms with van der Waals surface area (Å²) in [6.07, 6.45) is 2.68. The Balaban J connectivity index is 2.12. The quantitative estimate of drug-likeness (QED) is 0.525. The van der Waals surface area contributed by atoms with Crippen LogP contribution in [0.15, 0.2) is 42.5 Å². The van der Waals surface area contributed by atoms with Crippen molar-refractivity contribution in [3.63, 3.8) is 0 Å². The van der Waals surface area contributed by atoms with E-state index in [9.17, 15) is 14.0 Å². The number of hydrogen-bond acceptors (Lipinski definition) is 4. The number of carbonyl (C=O) groups excluding carboxylic acids is 1. The Bertz CT molecular complexity index is 816. The van der Waals surface area contributed by atoms with E-state index < -0.39 is 11.8 Å². The second kappa shape index (κ2) is 11.8. The molecule has 0 aliphatic carbocycles. The number of benzene rings is 2. The predicted molar refractivity (Wildman–Crippen MR) is 112 cm³/mol. The second-order valence-electron chi connectivity index (χ2n) is 6.93. The molecule has 162 valence electrons. The lowest BCUT2D eigenvalue weighted by Crippen LogP contribution is -2.33. The third-order valence-corrected chi connectivity index (χ3v) is 4.78. The average Bonchev–Trinajstić information content (AvgIpc) is 2.75. The summed E-state index contributed by atoms with van der Waals surface area (Å²) in [4.78, 5) is 25.6. The Labute approximate surface area is 176 Å². The van der Waals surface area contributed by atoms with E-state index in [1.165, 1.54) is 31.9 Å². The fourth-order valence-electron chi connectivity index (χ4n) is 3.19. The van der Waals surface area contributed by atoms with Crippen molar-refractivity contribution in [2.75, 3.05) is 27.3 Å². The summed E-state index contributed by atoms with van der Waals surface area (Å²) in [5.74, 6) is -1.91. The molecule has 0 aliphatic heterocycles. The van der Waals surface area contributed by atoms with Crippen LogP contribution < -0.4 is 9.47 Å². The molecule has 30 heavy (non-hydrogen) atoms. The van der Waals surface area contributed by atoms with Crippen LogP contribution in [-0.2, 0) is 11.2 Å². The molecular formula is C23H28FNO5. The van der Waals surface area contributed by atoms with Crippen LogP contribution in [0.2, 0.25) is 0 Å². The number of aliphatic carboxylic acids is 1. The lowest BCUT2D eigenvalue weighted by molar-refractivity contribution is -0.137. The number of halogens is 1. The number of amides is 1. The van der Waals surface area contributed by atoms with Gasteiger partial charge in [0, 0.05) is 25.1 Å². The zero-order chi connectivity index (χ0) is 21.9. The molecule has 0 aromatic heterocycles. The van der Waals surface area contributed by atoms with Gasteiger partial charge in [-0.15, -0.1) is 0 Å². The van der Waals surface area contributed by atoms with Gasteiger partial charge in [-0.25, -0.2) is 0 Å². The molecule has 7 heteroatoms. The van der Waals surface area contributed by atoms with Gasteiger partial charge in [0.1, 0.15) is 0 Å². The lowest BCUT2D eigenvalue weighted by atomic mass is 10.1. The Morgan fingerprint density at radius 3 is 2.13 bits per heavy atom. The number of nitrogens with zero attached hydrogens (tertiary/aromatic N) is 1. The van der Waals surface area contributed by atoms with Gasteiger partial charge in [-0.3, -0.25) is 9.59 Å². The number of rotatable bonds is 12. The fraction of sp³-hybridized carbons (Fsp3) is 0.391. The SMILES string of the molecule is COc1cc(C(=O)N(CCCCC(=O)O)CCCc2ccccc2)cc(OC)c1F. The summed E-state index contributed by atoms with van der Waals surface area (Å²) in [7, 11) is 2.66. The van der Waals surface area contributed by atoms with Gasteiger partial charge in [0.2, 0.25) is 5.82 Å². The molecule has 0 saturated carbocycles. The molecular weight excluding hydrogens is 389 g/mol. The molecule has 2 aromatic carbocycles. The summed E-state index contributed by atoms with van der Waals surface area (Å²) in [6.45, 7) is 0.922. The molecule has 1 amide bonds. The highest BCUT2D eigenvalue weighted by Gasteiger charge is 2.20. The van der Waals surface area contributed by atoms with Gasteiger partial charge >= 0.3 is 5.97 Å². The number of carbonyl (C=O) groups is 2. The van der Waals surface area contributed by atoms with Gasteiger partial charge in [-0.05, 0) is 43.4 Å². The Kier molecular flexibility index (Phi) is 9.12. The van der Waals surface area contributed by atoms with Crippen LogP contribution in [0.5, 0.6) is 11.5 Å². The number of carboxylic acid groups (broad SMARTS) is 1. The van der Waals surface area contributed by atoms with Crippen molar-refractivity contribution in [2.24, 2.45) is 0 Å². The third kappa shape index (κ3) is 6.76. The van der Waals surface area contributed by atoms with Crippen molar-refractivity contribution in [3.8, 4) is 11.5 Å². The molecule has 0 aliphatic rings. The smallest absolute Gasteiger partial charge is 0.303 e. The number of unbranched alkanes of at least 4 members (excludes halogenated alkanes) is 1. The maximum atomic E-state index is 14.2. The van der Waals surface area contributed by atoms with E-state index in [0.717, 1.165) is 12.8 Å². The van der Waals surface area contributed by atoms with E-state index in [0.29, 0.717) is 25.9 Å². The summed E-state index contributed by atoms with van der Waals surface area (Å²) >= 11 is 0. The van der Waals surface area contributed by atoms with E-state index >= 15 is 0 Å². The molecule has 0 heterocycles. The molecule has 0 bridgehead atoms. The van der Waals surface area contributed by atoms with Crippen molar-refractivity contribution in [1.29, 1.82) is 0 Å². The minimum Gasteiger partial charge on any atom is -0.494 e. The van der Waals surface area contributed by atoms with Crippen LogP contribution in [0.4, 0.5) is 4.39 Å². The van der Waals surface area contributed by atoms with Crippen molar-refractivity contribution in [3.05, 3.63) is 59.4 Å². The van der Waals surface area contributed by atoms with E-state index in [1.54, 1.807) is 4.90 Å². The normalized spacial score (nSPS) is 10.5. The van der Waals surface area contributed by atoms with Crippen molar-refractivity contribution in [2.45, 2.75) is 32.1 Å². The average molecular weight is 417 g/mol. The summed E-state index contributed by atoms with van der Waals surface area (Å²) in [6, 6.07) is 12.7. The van der Waals surface area contributed by atoms with E-state index in [-0.39, 0.29) is 29.4 Å². The van der Waals surface area contributed by atoms with Gasteiger partial charge in [0.05, 0.1) is 14.2 Å². The molecule has 2 rings (SSSR count). The van der Waals surface area contributed by atoms with Crippen LogP contribution in [0.1, 0.15) is 41.6 Å². The molecule has 0 spiro atoms. The second-order valence-corrected chi connectivity index (χ2v) is 6.93. The zero-order valence-corrected chi connectivity index (χ0v) is 17.4. The fourth-order valence-corrected chi connectivity index (χ4v) is 3.19. The summed E-state index contributed by atoms with van der Waals surface area (Å²) < 4.78 is 24.3. The van der Waals surface area contributed by atoms with Crippen LogP contribution in [0.3, 0.4) is 0 Å². The van der Waals surface area contributed by atoms with Crippen molar-refractivity contribution in [1.82, 2.24) is 4.90 Å². The molecule has 0 atom stereocenters. The monoisotopic (exact) mass is 417 g/mol. The first-order valence-corrected chi connectivity index (χ1v) is 9.92. The summed E-state index contributed by atoms with van der Waals surface area (Å²) in [5.41, 5.74) is 1.45. The van der Waals surface area contributed by atoms with Gasteiger partial charge in [0.15, 0.2) is 11.5 Å². The number of methoxy groups -OCH3 is 2. The number of ether oxygens (including phenoxy) is 2. The minimum absolute atomic E-state index is 0.0598. The van der Waals surface area contributed by atoms with Crippen molar-refractivity contribution < 1.29 is 28.6 Å². The summed E-state index contributed by atoms with van der Waals surface area (Å²) in [5, 5.41) is 8.83. The molecule has 0 fully saturated rings. The third-order valence-electron chi connectivity index (χ3n) is 4.78. The van der Waals surface area contributed by atoms with Crippen LogP contribution in [0.25, 0.3) is 0 Å². The molecule has 0 unspecified atom stereocenters. The first-order chi connectivity index (χ1) is 14.5. The number of aryl methyl sites for hydroxylation is 1. The van der Waals surface area contributed by atoms with Crippen LogP contribution >= 0.6 is 0 Å². The van der Waals surface area contributed by atoms with E-state index in [2.05, 4.69) is 0 Å². The Hall–Kier alpha value is -3.09. The lowest BCUT2D eigenvalue weighted by Gasteiger charge is -2.23. The molecule has 0 radical (unpaired) electrons. The number of hydrogen-bond donors (Lipinski definition) is 1. The minimum atomic E-state index is -0.857. The van der Waals surface area contributed by atoms with Crippen LogP contribution in [-0.4, -0.2) is 49.2 Å². The molecule has 2 aromatic rings. The van der Waals surface area contributed by atoms with Crippen molar-refractivity contribution >= 4 is 11.9 Å². The number of carboxylic acids is 1. The van der Waals surface area contributed by atoms with E-state index in [4.69, 9.17) is 14.6 Å². The largest absolute Gasteiger partial charge is 0.494 e. The highest BCUT2D eigenvalue weighted by molar-refractivity contribution is 5.95. The van der Waals surface area contributed by atoms with Gasteiger partial charge in [-0.1, -0.05) is 30.3 Å². The molecule has 6 nitrogen and oxygen atoms in total. The van der Waals surface area contributed by atoms with Gasteiger partial charge in [0.25, 0.3) is 5.91 Å². The van der Waals surface area contributed by atoms with E-state index in [1.807, 2.05) is 30.3 Å². The highest BCUT2D eigenvalue weighted by Crippen LogP contribution is 2.29. The highest BCUT2D eigenvalue weighted by atomic mass is 19.1. The molecule has 1 N–H and O–H groups in total. The molecule has 0 saturated heterocycles. The first-order valence-electron chi connectivity index (χ1n) is 9.92. The topological polar surface area (TPSA) is 76.1 Å².